The van der Waals surface area contributed by atoms with Gasteiger partial charge in [-0.3, -0.25) is 14.8 Å². The van der Waals surface area contributed by atoms with Gasteiger partial charge in [0.25, 0.3) is 5.91 Å². The second-order valence-corrected chi connectivity index (χ2v) is 6.94. The molecule has 0 aliphatic heterocycles. The van der Waals surface area contributed by atoms with Crippen LogP contribution in [0.3, 0.4) is 0 Å². The van der Waals surface area contributed by atoms with Crippen LogP contribution < -0.4 is 5.32 Å². The fraction of sp³-hybridized carbons (Fsp3) is 0.0870. The first kappa shape index (κ1) is 19.0. The first-order valence-corrected chi connectivity index (χ1v) is 9.54. The molecule has 0 aliphatic carbocycles. The molecule has 29 heavy (non-hydrogen) atoms. The number of hydrogen-bond acceptors (Lipinski definition) is 3. The van der Waals surface area contributed by atoms with Crippen LogP contribution in [0, 0.1) is 5.82 Å². The average Bonchev–Trinajstić information content (AvgIpc) is 2.74. The molecular weight excluding hydrogens is 389 g/mol. The number of benzene rings is 2. The number of halogens is 2. The number of anilines is 1. The number of aromatic nitrogens is 2. The van der Waals surface area contributed by atoms with Gasteiger partial charge in [0.05, 0.1) is 27.5 Å². The molecule has 4 rings (SSSR count). The van der Waals surface area contributed by atoms with Gasteiger partial charge in [0, 0.05) is 22.8 Å². The topological polar surface area (TPSA) is 54.9 Å². The number of nitrogens with zero attached hydrogens (tertiary/aromatic N) is 2. The summed E-state index contributed by atoms with van der Waals surface area (Å²) in [6, 6.07) is 16.8. The number of carbonyl (C=O) groups excluding carboxylic acids is 1. The zero-order valence-electron chi connectivity index (χ0n) is 15.6. The highest BCUT2D eigenvalue weighted by molar-refractivity contribution is 6.35. The van der Waals surface area contributed by atoms with E-state index in [4.69, 9.17) is 11.6 Å². The molecule has 0 unspecified atom stereocenters. The smallest absolute Gasteiger partial charge is 0.257 e. The molecule has 0 spiro atoms. The number of aryl methyl sites for hydroxylation is 1. The van der Waals surface area contributed by atoms with Crippen LogP contribution in [0.2, 0.25) is 5.02 Å². The van der Waals surface area contributed by atoms with Crippen molar-refractivity contribution in [2.45, 2.75) is 13.3 Å². The van der Waals surface area contributed by atoms with Crippen molar-refractivity contribution < 1.29 is 9.18 Å². The Morgan fingerprint density at radius 1 is 1.10 bits per heavy atom. The molecule has 0 atom stereocenters. The molecule has 1 amide bonds. The highest BCUT2D eigenvalue weighted by Gasteiger charge is 2.14. The van der Waals surface area contributed by atoms with Crippen molar-refractivity contribution in [1.82, 2.24) is 9.97 Å². The molecule has 0 aliphatic rings. The lowest BCUT2D eigenvalue weighted by atomic mass is 10.1. The number of rotatable bonds is 4. The molecule has 0 radical (unpaired) electrons. The number of fused-ring (bicyclic) bond motifs is 1. The highest BCUT2D eigenvalue weighted by atomic mass is 35.5. The minimum atomic E-state index is -0.302. The van der Waals surface area contributed by atoms with E-state index >= 15 is 0 Å². The number of carbonyl (C=O) groups is 1. The van der Waals surface area contributed by atoms with Gasteiger partial charge in [0.2, 0.25) is 0 Å². The lowest BCUT2D eigenvalue weighted by Crippen LogP contribution is -2.15. The van der Waals surface area contributed by atoms with E-state index in [9.17, 15) is 9.18 Å². The Morgan fingerprint density at radius 3 is 2.66 bits per heavy atom. The van der Waals surface area contributed by atoms with E-state index in [0.29, 0.717) is 39.6 Å². The van der Waals surface area contributed by atoms with Crippen LogP contribution in [0.5, 0.6) is 0 Å². The number of hydrogen-bond donors (Lipinski definition) is 1. The van der Waals surface area contributed by atoms with Crippen molar-refractivity contribution in [3.8, 4) is 11.3 Å². The molecule has 0 fully saturated rings. The largest absolute Gasteiger partial charge is 0.322 e. The van der Waals surface area contributed by atoms with Crippen molar-refractivity contribution in [3.05, 3.63) is 89.0 Å². The summed E-state index contributed by atoms with van der Waals surface area (Å²) < 4.78 is 13.2. The molecule has 2 aromatic carbocycles. The molecular formula is C23H17ClFN3O. The van der Waals surface area contributed by atoms with Crippen molar-refractivity contribution in [1.29, 1.82) is 0 Å². The molecule has 2 aromatic heterocycles. The predicted octanol–water partition coefficient (Wildman–Crippen LogP) is 5.90. The standard InChI is InChI=1S/C23H17ClFN3O/c1-2-20-18(9-10-21(28-20)14-5-7-15(25)8-6-14)23(29)27-16-12-19(24)17-4-3-11-26-22(17)13-16/h3-13H,2H2,1H3,(H,27,29). The van der Waals surface area contributed by atoms with Crippen molar-refractivity contribution in [2.24, 2.45) is 0 Å². The minimum absolute atomic E-state index is 0.272. The molecule has 4 aromatic rings. The monoisotopic (exact) mass is 405 g/mol. The van der Waals surface area contributed by atoms with Gasteiger partial charge in [-0.15, -0.1) is 0 Å². The summed E-state index contributed by atoms with van der Waals surface area (Å²) >= 11 is 6.32. The zero-order valence-corrected chi connectivity index (χ0v) is 16.4. The molecule has 0 saturated heterocycles. The van der Waals surface area contributed by atoms with Crippen LogP contribution in [0.1, 0.15) is 23.0 Å². The Labute approximate surface area is 172 Å². The molecule has 0 bridgehead atoms. The summed E-state index contributed by atoms with van der Waals surface area (Å²) in [7, 11) is 0. The lowest BCUT2D eigenvalue weighted by molar-refractivity contribution is 0.102. The van der Waals surface area contributed by atoms with E-state index in [0.717, 1.165) is 10.9 Å². The third kappa shape index (κ3) is 3.96. The minimum Gasteiger partial charge on any atom is -0.322 e. The van der Waals surface area contributed by atoms with Gasteiger partial charge in [0.15, 0.2) is 0 Å². The second-order valence-electron chi connectivity index (χ2n) is 6.53. The molecule has 4 nitrogen and oxygen atoms in total. The van der Waals surface area contributed by atoms with E-state index in [1.807, 2.05) is 19.1 Å². The highest BCUT2D eigenvalue weighted by Crippen LogP contribution is 2.27. The van der Waals surface area contributed by atoms with Gasteiger partial charge < -0.3 is 5.32 Å². The summed E-state index contributed by atoms with van der Waals surface area (Å²) in [5, 5.41) is 4.23. The van der Waals surface area contributed by atoms with Gasteiger partial charge in [-0.1, -0.05) is 18.5 Å². The van der Waals surface area contributed by atoms with Gasteiger partial charge >= 0.3 is 0 Å². The van der Waals surface area contributed by atoms with Crippen LogP contribution in [-0.2, 0) is 6.42 Å². The molecule has 1 N–H and O–H groups in total. The van der Waals surface area contributed by atoms with Crippen LogP contribution in [-0.4, -0.2) is 15.9 Å². The predicted molar refractivity (Wildman–Crippen MR) is 114 cm³/mol. The quantitative estimate of drug-likeness (QED) is 0.459. The SMILES string of the molecule is CCc1nc(-c2ccc(F)cc2)ccc1C(=O)Nc1cc(Cl)c2cccnc2c1. The Balaban J connectivity index is 1.64. The van der Waals surface area contributed by atoms with E-state index < -0.39 is 0 Å². The van der Waals surface area contributed by atoms with E-state index in [1.165, 1.54) is 12.1 Å². The fourth-order valence-corrected chi connectivity index (χ4v) is 3.44. The third-order valence-electron chi connectivity index (χ3n) is 4.62. The molecule has 144 valence electrons. The Hall–Kier alpha value is -3.31. The van der Waals surface area contributed by atoms with E-state index in [-0.39, 0.29) is 11.7 Å². The summed E-state index contributed by atoms with van der Waals surface area (Å²) in [5.41, 5.74) is 3.90. The van der Waals surface area contributed by atoms with Crippen LogP contribution in [0.4, 0.5) is 10.1 Å². The first-order valence-electron chi connectivity index (χ1n) is 9.16. The normalized spacial score (nSPS) is 10.9. The molecule has 2 heterocycles. The summed E-state index contributed by atoms with van der Waals surface area (Å²) in [6.07, 6.45) is 2.26. The van der Waals surface area contributed by atoms with Crippen molar-refractivity contribution in [2.75, 3.05) is 5.32 Å². The Morgan fingerprint density at radius 2 is 1.90 bits per heavy atom. The lowest BCUT2D eigenvalue weighted by Gasteiger charge is -2.11. The zero-order chi connectivity index (χ0) is 20.4. The Bertz CT molecular complexity index is 1210. The summed E-state index contributed by atoms with van der Waals surface area (Å²) in [4.78, 5) is 21.8. The summed E-state index contributed by atoms with van der Waals surface area (Å²) in [6.45, 7) is 1.93. The summed E-state index contributed by atoms with van der Waals surface area (Å²) in [5.74, 6) is -0.574. The fourth-order valence-electron chi connectivity index (χ4n) is 3.17. The average molecular weight is 406 g/mol. The number of nitrogens with one attached hydrogen (secondary N) is 1. The van der Waals surface area contributed by atoms with Gasteiger partial charge in [-0.25, -0.2) is 4.39 Å². The van der Waals surface area contributed by atoms with Crippen molar-refractivity contribution >= 4 is 34.1 Å². The van der Waals surface area contributed by atoms with E-state index in [1.54, 1.807) is 42.6 Å². The first-order chi connectivity index (χ1) is 14.0. The van der Waals surface area contributed by atoms with Crippen LogP contribution in [0.15, 0.2) is 66.9 Å². The van der Waals surface area contributed by atoms with Crippen LogP contribution >= 0.6 is 11.6 Å². The number of pyridine rings is 2. The third-order valence-corrected chi connectivity index (χ3v) is 4.93. The second kappa shape index (κ2) is 7.97. The maximum absolute atomic E-state index is 13.2. The van der Waals surface area contributed by atoms with E-state index in [2.05, 4.69) is 15.3 Å². The number of amides is 1. The maximum atomic E-state index is 13.2. The maximum Gasteiger partial charge on any atom is 0.257 e. The van der Waals surface area contributed by atoms with Gasteiger partial charge in [0.1, 0.15) is 5.82 Å². The Kier molecular flexibility index (Phi) is 5.23. The van der Waals surface area contributed by atoms with Gasteiger partial charge in [-0.05, 0) is 67.1 Å². The molecule has 0 saturated carbocycles. The van der Waals surface area contributed by atoms with Crippen LogP contribution in [0.25, 0.3) is 22.2 Å². The van der Waals surface area contributed by atoms with Gasteiger partial charge in [-0.2, -0.15) is 0 Å². The molecule has 6 heteroatoms. The van der Waals surface area contributed by atoms with Crippen molar-refractivity contribution in [3.63, 3.8) is 0 Å².